The van der Waals surface area contributed by atoms with Gasteiger partial charge in [0.2, 0.25) is 0 Å². The van der Waals surface area contributed by atoms with Crippen molar-refractivity contribution in [2.24, 2.45) is 16.7 Å². The number of fused-ring (bicyclic) bond motifs is 5. The predicted molar refractivity (Wildman–Crippen MR) is 93.8 cm³/mol. The van der Waals surface area contributed by atoms with Gasteiger partial charge >= 0.3 is 0 Å². The number of rotatable bonds is 0. The quantitative estimate of drug-likeness (QED) is 0.759. The molecule has 1 aromatic heterocycles. The van der Waals surface area contributed by atoms with Crippen molar-refractivity contribution in [1.29, 1.82) is 0 Å². The molecule has 0 saturated heterocycles. The molecule has 0 aliphatic heterocycles. The first-order valence-corrected chi connectivity index (χ1v) is 9.75. The van der Waals surface area contributed by atoms with Crippen molar-refractivity contribution in [1.82, 2.24) is 10.2 Å². The van der Waals surface area contributed by atoms with E-state index in [2.05, 4.69) is 29.3 Å². The average Bonchev–Trinajstić information content (AvgIpc) is 3.22. The number of aliphatic hydroxyl groups is 1. The lowest BCUT2D eigenvalue weighted by atomic mass is 9.48. The Kier molecular flexibility index (Phi) is 2.35. The molecule has 0 unspecified atom stereocenters. The maximum atomic E-state index is 11.3. The lowest BCUT2D eigenvalue weighted by Gasteiger charge is -2.56. The molecule has 3 atom stereocenters. The van der Waals surface area contributed by atoms with Gasteiger partial charge in [-0.15, -0.1) is 0 Å². The maximum absolute atomic E-state index is 11.3. The Morgan fingerprint density at radius 1 is 1.12 bits per heavy atom. The van der Waals surface area contributed by atoms with Crippen LogP contribution in [0.25, 0.3) is 10.9 Å². The molecular formula is C21H26N2O. The number of H-pyrrole nitrogens is 1. The van der Waals surface area contributed by atoms with Crippen molar-refractivity contribution in [3.05, 3.63) is 29.5 Å². The van der Waals surface area contributed by atoms with Gasteiger partial charge in [0.15, 0.2) is 0 Å². The topological polar surface area (TPSA) is 48.9 Å². The summed E-state index contributed by atoms with van der Waals surface area (Å²) in [5.74, 6) is 1.46. The number of nitrogens with zero attached hydrogens (tertiary/aromatic N) is 1. The van der Waals surface area contributed by atoms with Gasteiger partial charge in [-0.1, -0.05) is 13.0 Å². The minimum Gasteiger partial charge on any atom is -0.389 e. The first-order chi connectivity index (χ1) is 11.6. The van der Waals surface area contributed by atoms with Crippen LogP contribution in [-0.2, 0) is 6.42 Å². The van der Waals surface area contributed by atoms with Gasteiger partial charge in [-0.3, -0.25) is 5.10 Å². The molecule has 3 saturated carbocycles. The molecule has 2 bridgehead atoms. The molecule has 24 heavy (non-hydrogen) atoms. The Labute approximate surface area is 142 Å². The van der Waals surface area contributed by atoms with Gasteiger partial charge in [0.25, 0.3) is 0 Å². The smallest absolute Gasteiger partial charge is 0.0706 e. The van der Waals surface area contributed by atoms with Crippen LogP contribution < -0.4 is 0 Å². The van der Waals surface area contributed by atoms with Gasteiger partial charge in [-0.05, 0) is 85.8 Å². The minimum atomic E-state index is -0.368. The summed E-state index contributed by atoms with van der Waals surface area (Å²) in [4.78, 5) is 0. The molecule has 2 N–H and O–H groups in total. The van der Waals surface area contributed by atoms with E-state index < -0.39 is 0 Å². The first-order valence-electron chi connectivity index (χ1n) is 9.75. The Morgan fingerprint density at radius 3 is 2.79 bits per heavy atom. The summed E-state index contributed by atoms with van der Waals surface area (Å²) in [5.41, 5.74) is 4.52. The summed E-state index contributed by atoms with van der Waals surface area (Å²) in [7, 11) is 0. The third-order valence-electron chi connectivity index (χ3n) is 9.12. The van der Waals surface area contributed by atoms with Gasteiger partial charge in [-0.25, -0.2) is 0 Å². The third-order valence-corrected chi connectivity index (χ3v) is 9.12. The molecule has 4 aliphatic rings. The van der Waals surface area contributed by atoms with E-state index in [4.69, 9.17) is 0 Å². The van der Waals surface area contributed by atoms with E-state index in [1.54, 1.807) is 11.1 Å². The van der Waals surface area contributed by atoms with E-state index in [1.807, 2.05) is 6.20 Å². The molecule has 4 aliphatic carbocycles. The lowest BCUT2D eigenvalue weighted by Crippen LogP contribution is -2.51. The average molecular weight is 322 g/mol. The Balaban J connectivity index is 1.51. The number of nitrogens with one attached hydrogen (secondary N) is 1. The van der Waals surface area contributed by atoms with Crippen LogP contribution in [0, 0.1) is 16.7 Å². The van der Waals surface area contributed by atoms with E-state index in [0.717, 1.165) is 18.8 Å². The van der Waals surface area contributed by atoms with Crippen molar-refractivity contribution in [3.63, 3.8) is 0 Å². The summed E-state index contributed by atoms with van der Waals surface area (Å²) in [6.07, 6.45) is 11.5. The van der Waals surface area contributed by atoms with Crippen molar-refractivity contribution < 1.29 is 5.11 Å². The molecule has 0 amide bonds. The molecule has 3 fully saturated rings. The highest BCUT2D eigenvalue weighted by Crippen LogP contribution is 2.77. The normalized spacial score (nSPS) is 45.9. The summed E-state index contributed by atoms with van der Waals surface area (Å²) in [5, 5.41) is 20.0. The van der Waals surface area contributed by atoms with E-state index in [9.17, 15) is 5.11 Å². The van der Waals surface area contributed by atoms with E-state index in [1.165, 1.54) is 49.4 Å². The van der Waals surface area contributed by atoms with Crippen molar-refractivity contribution in [2.45, 2.75) is 69.8 Å². The van der Waals surface area contributed by atoms with Crippen molar-refractivity contribution in [3.8, 4) is 0 Å². The molecular weight excluding hydrogens is 296 g/mol. The Bertz CT molecular complexity index is 845. The fourth-order valence-electron chi connectivity index (χ4n) is 7.84. The van der Waals surface area contributed by atoms with Gasteiger partial charge in [0.05, 0.1) is 17.3 Å². The summed E-state index contributed by atoms with van der Waals surface area (Å²) in [6, 6.07) is 4.61. The maximum Gasteiger partial charge on any atom is 0.0706 e. The highest BCUT2D eigenvalue weighted by atomic mass is 16.3. The van der Waals surface area contributed by atoms with Crippen LogP contribution in [0.5, 0.6) is 0 Å². The second-order valence-electron chi connectivity index (χ2n) is 9.27. The zero-order valence-corrected chi connectivity index (χ0v) is 14.4. The zero-order chi connectivity index (χ0) is 16.2. The lowest BCUT2D eigenvalue weighted by molar-refractivity contribution is -0.101. The molecule has 3 heteroatoms. The van der Waals surface area contributed by atoms with Crippen molar-refractivity contribution >= 4 is 10.9 Å². The van der Waals surface area contributed by atoms with Crippen LogP contribution in [0.4, 0.5) is 0 Å². The third kappa shape index (κ3) is 1.29. The SMILES string of the molecule is C[C@]12CC[C@@H]3c4ccc5[nH]ncc5c4CC[C@H]3C13CCC2(O)CC3. The second-order valence-corrected chi connectivity index (χ2v) is 9.27. The highest BCUT2D eigenvalue weighted by molar-refractivity contribution is 5.83. The Hall–Kier alpha value is -1.35. The van der Waals surface area contributed by atoms with Crippen LogP contribution in [0.3, 0.4) is 0 Å². The molecule has 0 radical (unpaired) electrons. The molecule has 1 aromatic carbocycles. The van der Waals surface area contributed by atoms with Crippen LogP contribution in [0.15, 0.2) is 18.3 Å². The monoisotopic (exact) mass is 322 g/mol. The summed E-state index contributed by atoms with van der Waals surface area (Å²) in [6.45, 7) is 2.43. The second kappa shape index (κ2) is 4.07. The Morgan fingerprint density at radius 2 is 1.96 bits per heavy atom. The molecule has 6 rings (SSSR count). The number of aryl methyl sites for hydroxylation is 1. The number of aromatic nitrogens is 2. The van der Waals surface area contributed by atoms with Gasteiger partial charge in [0.1, 0.15) is 0 Å². The number of aromatic amines is 1. The minimum absolute atomic E-state index is 0.165. The number of hydrogen-bond acceptors (Lipinski definition) is 2. The fourth-order valence-corrected chi connectivity index (χ4v) is 7.84. The van der Waals surface area contributed by atoms with Crippen molar-refractivity contribution in [2.75, 3.05) is 0 Å². The first kappa shape index (κ1) is 13.9. The van der Waals surface area contributed by atoms with Crippen LogP contribution >= 0.6 is 0 Å². The molecule has 3 nitrogen and oxygen atoms in total. The van der Waals surface area contributed by atoms with Gasteiger partial charge in [0, 0.05) is 10.8 Å². The van der Waals surface area contributed by atoms with E-state index in [0.29, 0.717) is 11.3 Å². The van der Waals surface area contributed by atoms with Crippen LogP contribution in [-0.4, -0.2) is 20.9 Å². The van der Waals surface area contributed by atoms with Gasteiger partial charge in [-0.2, -0.15) is 5.10 Å². The summed E-state index contributed by atoms with van der Waals surface area (Å²) >= 11 is 0. The molecule has 1 heterocycles. The predicted octanol–water partition coefficient (Wildman–Crippen LogP) is 4.31. The zero-order valence-electron chi connectivity index (χ0n) is 14.4. The van der Waals surface area contributed by atoms with Crippen LogP contribution in [0.2, 0.25) is 0 Å². The fraction of sp³-hybridized carbons (Fsp3) is 0.667. The van der Waals surface area contributed by atoms with Crippen LogP contribution in [0.1, 0.15) is 68.9 Å². The standard InChI is InChI=1S/C21H26N2O/c1-19-7-6-15-13-3-5-18-16(12-22-23-18)14(13)2-4-17(15)20(19)8-10-21(19,24)11-9-20/h3,5,12,15,17,24H,2,4,6-11H2,1H3,(H,22,23)/t15-,17-,19+,20?,21?/m1/s1. The highest BCUT2D eigenvalue weighted by Gasteiger charge is 2.73. The molecule has 0 spiro atoms. The van der Waals surface area contributed by atoms with E-state index in [-0.39, 0.29) is 11.0 Å². The largest absolute Gasteiger partial charge is 0.389 e. The summed E-state index contributed by atoms with van der Waals surface area (Å²) < 4.78 is 0. The number of benzene rings is 1. The van der Waals surface area contributed by atoms with E-state index >= 15 is 0 Å². The molecule has 2 aromatic rings. The van der Waals surface area contributed by atoms with Gasteiger partial charge < -0.3 is 5.11 Å². The molecule has 126 valence electrons. The number of hydrogen-bond donors (Lipinski definition) is 2.